The van der Waals surface area contributed by atoms with Gasteiger partial charge in [0.1, 0.15) is 13.2 Å². The van der Waals surface area contributed by atoms with Crippen LogP contribution >= 0.6 is 0 Å². The Balaban J connectivity index is 4.17. The molecule has 6 nitrogen and oxygen atoms in total. The van der Waals surface area contributed by atoms with Gasteiger partial charge in [0.15, 0.2) is 6.10 Å². The minimum absolute atomic E-state index is 0.0650. The smallest absolute Gasteiger partial charge is 0.306 e. The largest absolute Gasteiger partial charge is 0.462 e. The highest BCUT2D eigenvalue weighted by molar-refractivity contribution is 5.71. The Morgan fingerprint density at radius 2 is 0.493 bits per heavy atom. The summed E-state index contributed by atoms with van der Waals surface area (Å²) in [5.41, 5.74) is 0. The SMILES string of the molecule is CCCCCCC/C=C\C/C=C\CCCCCCCCCCCCCCCC(=O)OCC(COC(=O)CCCCCCCCCCCC)OC(=O)CCCCCCCCCCCCCCCCCCCCCC. The van der Waals surface area contributed by atoms with Crippen molar-refractivity contribution in [3.63, 3.8) is 0 Å². The zero-order valence-corrected chi connectivity index (χ0v) is 49.4. The zero-order valence-electron chi connectivity index (χ0n) is 49.4. The molecule has 0 rings (SSSR count). The van der Waals surface area contributed by atoms with E-state index in [9.17, 15) is 14.4 Å². The Kier molecular flexibility index (Phi) is 60.6. The van der Waals surface area contributed by atoms with Crippen LogP contribution in [0.15, 0.2) is 24.3 Å². The van der Waals surface area contributed by atoms with Crippen molar-refractivity contribution in [1.82, 2.24) is 0 Å². The lowest BCUT2D eigenvalue weighted by Gasteiger charge is -2.18. The van der Waals surface area contributed by atoms with Crippen molar-refractivity contribution < 1.29 is 28.6 Å². The fraction of sp³-hybridized carbons (Fsp3) is 0.896. The Morgan fingerprint density at radius 1 is 0.274 bits per heavy atom. The van der Waals surface area contributed by atoms with Gasteiger partial charge in [-0.05, 0) is 51.4 Å². The van der Waals surface area contributed by atoms with Crippen LogP contribution in [0.2, 0.25) is 0 Å². The van der Waals surface area contributed by atoms with E-state index in [1.165, 1.54) is 263 Å². The lowest BCUT2D eigenvalue weighted by molar-refractivity contribution is -0.167. The second-order valence-corrected chi connectivity index (χ2v) is 22.4. The zero-order chi connectivity index (χ0) is 52.9. The number of hydrogen-bond donors (Lipinski definition) is 0. The first kappa shape index (κ1) is 70.9. The van der Waals surface area contributed by atoms with Gasteiger partial charge in [0, 0.05) is 19.3 Å². The van der Waals surface area contributed by atoms with Crippen molar-refractivity contribution in [3.8, 4) is 0 Å². The molecule has 1 atom stereocenters. The van der Waals surface area contributed by atoms with E-state index in [0.717, 1.165) is 64.2 Å². The van der Waals surface area contributed by atoms with Gasteiger partial charge in [-0.25, -0.2) is 0 Å². The number of carbonyl (C=O) groups excluding carboxylic acids is 3. The van der Waals surface area contributed by atoms with Gasteiger partial charge in [-0.3, -0.25) is 14.4 Å². The van der Waals surface area contributed by atoms with Crippen molar-refractivity contribution >= 4 is 17.9 Å². The van der Waals surface area contributed by atoms with Gasteiger partial charge in [-0.2, -0.15) is 0 Å². The molecule has 0 spiro atoms. The molecule has 0 aromatic heterocycles. The first-order valence-corrected chi connectivity index (χ1v) is 32.8. The molecule has 73 heavy (non-hydrogen) atoms. The molecule has 0 saturated carbocycles. The number of ether oxygens (including phenoxy) is 3. The molecule has 0 amide bonds. The Hall–Kier alpha value is -2.11. The van der Waals surface area contributed by atoms with Gasteiger partial charge in [-0.15, -0.1) is 0 Å². The summed E-state index contributed by atoms with van der Waals surface area (Å²) in [5.74, 6) is -0.839. The molecule has 0 aromatic carbocycles. The average Bonchev–Trinajstić information content (AvgIpc) is 3.39. The van der Waals surface area contributed by atoms with Crippen molar-refractivity contribution in [3.05, 3.63) is 24.3 Å². The molecular formula is C67H126O6. The van der Waals surface area contributed by atoms with Crippen LogP contribution < -0.4 is 0 Å². The Labute approximate surface area is 455 Å². The summed E-state index contributed by atoms with van der Waals surface area (Å²) in [4.78, 5) is 38.2. The molecule has 0 aliphatic carbocycles. The fourth-order valence-corrected chi connectivity index (χ4v) is 10.0. The molecule has 0 aromatic rings. The minimum atomic E-state index is -0.766. The number of unbranched alkanes of at least 4 members (excludes halogenated alkanes) is 46. The second-order valence-electron chi connectivity index (χ2n) is 22.4. The summed E-state index contributed by atoms with van der Waals surface area (Å²) in [6.07, 6.45) is 74.8. The van der Waals surface area contributed by atoms with Crippen LogP contribution in [-0.4, -0.2) is 37.2 Å². The number of carbonyl (C=O) groups is 3. The minimum Gasteiger partial charge on any atom is -0.462 e. The molecule has 430 valence electrons. The highest BCUT2D eigenvalue weighted by Crippen LogP contribution is 2.18. The van der Waals surface area contributed by atoms with Crippen LogP contribution in [-0.2, 0) is 28.6 Å². The molecule has 0 N–H and O–H groups in total. The van der Waals surface area contributed by atoms with Gasteiger partial charge in [-0.1, -0.05) is 321 Å². The number of hydrogen-bond acceptors (Lipinski definition) is 6. The highest BCUT2D eigenvalue weighted by Gasteiger charge is 2.19. The van der Waals surface area contributed by atoms with E-state index in [1.54, 1.807) is 0 Å². The van der Waals surface area contributed by atoms with Crippen LogP contribution in [0, 0.1) is 0 Å². The van der Waals surface area contributed by atoms with Crippen molar-refractivity contribution in [2.24, 2.45) is 0 Å². The van der Waals surface area contributed by atoms with Crippen LogP contribution in [0.1, 0.15) is 367 Å². The van der Waals surface area contributed by atoms with Gasteiger partial charge in [0.25, 0.3) is 0 Å². The summed E-state index contributed by atoms with van der Waals surface area (Å²) in [7, 11) is 0. The first-order chi connectivity index (χ1) is 36.0. The van der Waals surface area contributed by atoms with E-state index < -0.39 is 6.10 Å². The predicted molar refractivity (Wildman–Crippen MR) is 316 cm³/mol. The third-order valence-corrected chi connectivity index (χ3v) is 15.0. The van der Waals surface area contributed by atoms with Crippen LogP contribution in [0.25, 0.3) is 0 Å². The van der Waals surface area contributed by atoms with E-state index >= 15 is 0 Å². The molecular weight excluding hydrogens is 901 g/mol. The summed E-state index contributed by atoms with van der Waals surface area (Å²) in [6.45, 7) is 6.69. The molecule has 1 unspecified atom stereocenters. The van der Waals surface area contributed by atoms with E-state index in [2.05, 4.69) is 45.1 Å². The predicted octanol–water partition coefficient (Wildman–Crippen LogP) is 22.2. The summed E-state index contributed by atoms with van der Waals surface area (Å²) in [6, 6.07) is 0. The summed E-state index contributed by atoms with van der Waals surface area (Å²) in [5, 5.41) is 0. The molecule has 0 saturated heterocycles. The molecule has 0 heterocycles. The van der Waals surface area contributed by atoms with Crippen LogP contribution in [0.4, 0.5) is 0 Å². The van der Waals surface area contributed by atoms with E-state index in [0.29, 0.717) is 19.3 Å². The Morgan fingerprint density at radius 3 is 0.753 bits per heavy atom. The van der Waals surface area contributed by atoms with Crippen molar-refractivity contribution in [2.75, 3.05) is 13.2 Å². The third-order valence-electron chi connectivity index (χ3n) is 15.0. The molecule has 0 bridgehead atoms. The lowest BCUT2D eigenvalue weighted by Crippen LogP contribution is -2.30. The van der Waals surface area contributed by atoms with Crippen LogP contribution in [0.5, 0.6) is 0 Å². The van der Waals surface area contributed by atoms with Gasteiger partial charge < -0.3 is 14.2 Å². The maximum Gasteiger partial charge on any atom is 0.306 e. The highest BCUT2D eigenvalue weighted by atomic mass is 16.6. The van der Waals surface area contributed by atoms with E-state index in [-0.39, 0.29) is 31.1 Å². The molecule has 0 radical (unpaired) electrons. The van der Waals surface area contributed by atoms with Gasteiger partial charge >= 0.3 is 17.9 Å². The van der Waals surface area contributed by atoms with Gasteiger partial charge in [0.05, 0.1) is 0 Å². The monoisotopic (exact) mass is 1030 g/mol. The van der Waals surface area contributed by atoms with Crippen molar-refractivity contribution in [1.29, 1.82) is 0 Å². The quantitative estimate of drug-likeness (QED) is 0.0261. The summed E-state index contributed by atoms with van der Waals surface area (Å²) < 4.78 is 16.9. The van der Waals surface area contributed by atoms with Gasteiger partial charge in [0.2, 0.25) is 0 Å². The van der Waals surface area contributed by atoms with E-state index in [1.807, 2.05) is 0 Å². The van der Waals surface area contributed by atoms with E-state index in [4.69, 9.17) is 14.2 Å². The fourth-order valence-electron chi connectivity index (χ4n) is 10.0. The normalized spacial score (nSPS) is 12.1. The standard InChI is InChI=1S/C67H126O6/c1-4-7-10-13-16-19-22-24-26-28-30-32-33-34-35-36-38-39-41-43-45-48-51-54-57-60-66(69)72-63-64(62-71-65(68)59-56-53-50-47-21-18-15-12-9-6-3)73-67(70)61-58-55-52-49-46-44-42-40-37-31-29-27-25-23-20-17-14-11-8-5-2/h22,24,28,30,64H,4-21,23,25-27,29,31-63H2,1-3H3/b24-22-,30-28-. The number of rotatable bonds is 61. The number of allylic oxidation sites excluding steroid dienone is 4. The second kappa shape index (κ2) is 62.4. The third kappa shape index (κ3) is 60.6. The summed E-state index contributed by atoms with van der Waals surface area (Å²) >= 11 is 0. The topological polar surface area (TPSA) is 78.9 Å². The van der Waals surface area contributed by atoms with Crippen LogP contribution in [0.3, 0.4) is 0 Å². The molecule has 0 aliphatic heterocycles. The number of esters is 3. The maximum atomic E-state index is 12.9. The molecule has 6 heteroatoms. The van der Waals surface area contributed by atoms with Crippen molar-refractivity contribution in [2.45, 2.75) is 374 Å². The molecule has 0 fully saturated rings. The Bertz CT molecular complexity index is 1180. The lowest BCUT2D eigenvalue weighted by atomic mass is 10.0. The maximum absolute atomic E-state index is 12.9. The molecule has 0 aliphatic rings. The first-order valence-electron chi connectivity index (χ1n) is 32.8. The average molecular weight is 1030 g/mol.